The highest BCUT2D eigenvalue weighted by atomic mass is 32.1. The van der Waals surface area contributed by atoms with Crippen LogP contribution in [-0.4, -0.2) is 27.7 Å². The largest absolute Gasteiger partial charge is 0.493 e. The molecule has 2 aromatic heterocycles. The van der Waals surface area contributed by atoms with E-state index in [-0.39, 0.29) is 5.56 Å². The van der Waals surface area contributed by atoms with Crippen LogP contribution < -0.4 is 15.6 Å². The molecule has 0 saturated heterocycles. The summed E-state index contributed by atoms with van der Waals surface area (Å²) in [4.78, 5) is 16.8. The molecular weight excluding hydrogens is 312 g/mol. The molecule has 0 amide bonds. The van der Waals surface area contributed by atoms with E-state index in [2.05, 4.69) is 21.5 Å². The lowest BCUT2D eigenvalue weighted by atomic mass is 9.97. The molecule has 1 atom stereocenters. The molecule has 3 heterocycles. The van der Waals surface area contributed by atoms with Crippen LogP contribution in [0.5, 0.6) is 5.75 Å². The number of aromatic nitrogens is 3. The first-order chi connectivity index (χ1) is 11.2. The number of para-hydroxylation sites is 1. The minimum absolute atomic E-state index is 0.147. The molecular formula is C16H16N4O2S. The molecule has 0 radical (unpaired) electrons. The van der Waals surface area contributed by atoms with Crippen LogP contribution in [0.25, 0.3) is 4.96 Å². The fourth-order valence-electron chi connectivity index (χ4n) is 2.75. The Morgan fingerprint density at radius 3 is 3.22 bits per heavy atom. The van der Waals surface area contributed by atoms with Crippen LogP contribution in [0, 0.1) is 12.8 Å². The van der Waals surface area contributed by atoms with E-state index in [1.54, 1.807) is 0 Å². The molecule has 1 aliphatic heterocycles. The van der Waals surface area contributed by atoms with E-state index in [0.29, 0.717) is 28.3 Å². The molecule has 0 unspecified atom stereocenters. The molecule has 0 fully saturated rings. The molecule has 7 heteroatoms. The summed E-state index contributed by atoms with van der Waals surface area (Å²) in [6, 6.07) is 9.62. The molecule has 0 aliphatic carbocycles. The third-order valence-corrected chi connectivity index (χ3v) is 4.74. The Kier molecular flexibility index (Phi) is 3.49. The Bertz CT molecular complexity index is 918. The van der Waals surface area contributed by atoms with Gasteiger partial charge in [-0.25, -0.2) is 4.98 Å². The summed E-state index contributed by atoms with van der Waals surface area (Å²) >= 11 is 1.39. The maximum absolute atomic E-state index is 11.9. The van der Waals surface area contributed by atoms with Crippen LogP contribution in [0.1, 0.15) is 11.3 Å². The van der Waals surface area contributed by atoms with Crippen molar-refractivity contribution >= 4 is 21.4 Å². The van der Waals surface area contributed by atoms with E-state index in [9.17, 15) is 4.79 Å². The monoisotopic (exact) mass is 328 g/mol. The standard InChI is InChI=1S/C16H16N4O2S/c1-10-6-14(21)20-16(18-10)23-15(19-20)17-8-11-7-12-4-2-3-5-13(12)22-9-11/h2-6,11H,7-9H2,1H3,(H,17,19)/t11-/m1/s1. The van der Waals surface area contributed by atoms with Crippen molar-refractivity contribution in [2.24, 2.45) is 5.92 Å². The Morgan fingerprint density at radius 1 is 1.43 bits per heavy atom. The van der Waals surface area contributed by atoms with Crippen LogP contribution in [0.15, 0.2) is 35.1 Å². The maximum atomic E-state index is 11.9. The summed E-state index contributed by atoms with van der Waals surface area (Å²) < 4.78 is 7.13. The van der Waals surface area contributed by atoms with E-state index in [1.807, 2.05) is 25.1 Å². The fourth-order valence-corrected chi connectivity index (χ4v) is 3.60. The number of hydrogen-bond acceptors (Lipinski definition) is 6. The molecule has 0 bridgehead atoms. The van der Waals surface area contributed by atoms with Crippen molar-refractivity contribution in [3.8, 4) is 5.75 Å². The highest BCUT2D eigenvalue weighted by molar-refractivity contribution is 7.20. The van der Waals surface area contributed by atoms with E-state index >= 15 is 0 Å². The maximum Gasteiger partial charge on any atom is 0.275 e. The molecule has 1 aromatic carbocycles. The highest BCUT2D eigenvalue weighted by Crippen LogP contribution is 2.27. The topological polar surface area (TPSA) is 68.5 Å². The van der Waals surface area contributed by atoms with E-state index < -0.39 is 0 Å². The van der Waals surface area contributed by atoms with Crippen LogP contribution in [0.4, 0.5) is 5.13 Å². The summed E-state index contributed by atoms with van der Waals surface area (Å²) in [5.74, 6) is 1.36. The van der Waals surface area contributed by atoms with Gasteiger partial charge < -0.3 is 10.1 Å². The van der Waals surface area contributed by atoms with Crippen molar-refractivity contribution < 1.29 is 4.74 Å². The second-order valence-corrected chi connectivity index (χ2v) is 6.66. The van der Waals surface area contributed by atoms with Gasteiger partial charge in [0.05, 0.1) is 6.61 Å². The molecule has 6 nitrogen and oxygen atoms in total. The van der Waals surface area contributed by atoms with Gasteiger partial charge in [-0.3, -0.25) is 4.79 Å². The predicted molar refractivity (Wildman–Crippen MR) is 89.5 cm³/mol. The van der Waals surface area contributed by atoms with Crippen LogP contribution in [0.2, 0.25) is 0 Å². The molecule has 4 rings (SSSR count). The Hall–Kier alpha value is -2.41. The summed E-state index contributed by atoms with van der Waals surface area (Å²) in [6.07, 6.45) is 0.978. The lowest BCUT2D eigenvalue weighted by molar-refractivity contribution is 0.229. The molecule has 1 aliphatic rings. The minimum Gasteiger partial charge on any atom is -0.493 e. The number of fused-ring (bicyclic) bond motifs is 2. The number of anilines is 1. The number of nitrogens with zero attached hydrogens (tertiary/aromatic N) is 3. The van der Waals surface area contributed by atoms with Gasteiger partial charge in [-0.05, 0) is 25.0 Å². The van der Waals surface area contributed by atoms with Gasteiger partial charge in [0.2, 0.25) is 10.1 Å². The first kappa shape index (κ1) is 14.2. The first-order valence-corrected chi connectivity index (χ1v) is 8.33. The molecule has 3 aromatic rings. The normalized spacial score (nSPS) is 16.8. The molecule has 118 valence electrons. The second kappa shape index (κ2) is 5.66. The zero-order chi connectivity index (χ0) is 15.8. The van der Waals surface area contributed by atoms with Gasteiger partial charge in [0.25, 0.3) is 5.56 Å². The number of nitrogens with one attached hydrogen (secondary N) is 1. The molecule has 0 spiro atoms. The van der Waals surface area contributed by atoms with Crippen molar-refractivity contribution in [1.29, 1.82) is 0 Å². The Morgan fingerprint density at radius 2 is 2.30 bits per heavy atom. The number of ether oxygens (including phenoxy) is 1. The summed E-state index contributed by atoms with van der Waals surface area (Å²) in [5.41, 5.74) is 1.80. The lowest BCUT2D eigenvalue weighted by Gasteiger charge is -2.25. The van der Waals surface area contributed by atoms with Crippen LogP contribution >= 0.6 is 11.3 Å². The Labute approximate surface area is 136 Å². The van der Waals surface area contributed by atoms with E-state index in [0.717, 1.165) is 18.7 Å². The van der Waals surface area contributed by atoms with Gasteiger partial charge in [0.15, 0.2) is 0 Å². The van der Waals surface area contributed by atoms with Gasteiger partial charge >= 0.3 is 0 Å². The van der Waals surface area contributed by atoms with Gasteiger partial charge in [-0.15, -0.1) is 5.10 Å². The average molecular weight is 328 g/mol. The number of benzene rings is 1. The van der Waals surface area contributed by atoms with Crippen molar-refractivity contribution in [2.45, 2.75) is 13.3 Å². The quantitative estimate of drug-likeness (QED) is 0.797. The smallest absolute Gasteiger partial charge is 0.275 e. The fraction of sp³-hybridized carbons (Fsp3) is 0.312. The summed E-state index contributed by atoms with van der Waals surface area (Å²) in [7, 11) is 0. The van der Waals surface area contributed by atoms with Crippen molar-refractivity contribution in [2.75, 3.05) is 18.5 Å². The van der Waals surface area contributed by atoms with Crippen molar-refractivity contribution in [3.63, 3.8) is 0 Å². The minimum atomic E-state index is -0.147. The summed E-state index contributed by atoms with van der Waals surface area (Å²) in [5, 5.41) is 8.31. The highest BCUT2D eigenvalue weighted by Gasteiger charge is 2.19. The van der Waals surface area contributed by atoms with Gasteiger partial charge in [-0.2, -0.15) is 4.52 Å². The average Bonchev–Trinajstić information content (AvgIpc) is 2.96. The first-order valence-electron chi connectivity index (χ1n) is 7.51. The summed E-state index contributed by atoms with van der Waals surface area (Å²) in [6.45, 7) is 3.25. The second-order valence-electron chi connectivity index (χ2n) is 5.71. The SMILES string of the molecule is Cc1cc(=O)n2nc(NC[C@@H]3COc4ccccc4C3)sc2n1. The molecule has 0 saturated carbocycles. The van der Waals surface area contributed by atoms with E-state index in [4.69, 9.17) is 4.74 Å². The van der Waals surface area contributed by atoms with Gasteiger partial charge in [0, 0.05) is 24.2 Å². The van der Waals surface area contributed by atoms with Gasteiger partial charge in [0.1, 0.15) is 5.75 Å². The third kappa shape index (κ3) is 2.79. The van der Waals surface area contributed by atoms with Crippen LogP contribution in [-0.2, 0) is 6.42 Å². The predicted octanol–water partition coefficient (Wildman–Crippen LogP) is 2.12. The van der Waals surface area contributed by atoms with Crippen molar-refractivity contribution in [3.05, 3.63) is 51.9 Å². The third-order valence-electron chi connectivity index (χ3n) is 3.87. The van der Waals surface area contributed by atoms with Gasteiger partial charge in [-0.1, -0.05) is 29.5 Å². The zero-order valence-electron chi connectivity index (χ0n) is 12.7. The zero-order valence-corrected chi connectivity index (χ0v) is 13.5. The number of rotatable bonds is 3. The number of hydrogen-bond donors (Lipinski definition) is 1. The molecule has 23 heavy (non-hydrogen) atoms. The molecule has 1 N–H and O–H groups in total. The van der Waals surface area contributed by atoms with Crippen molar-refractivity contribution in [1.82, 2.24) is 14.6 Å². The lowest BCUT2D eigenvalue weighted by Crippen LogP contribution is -2.27. The Balaban J connectivity index is 1.48. The van der Waals surface area contributed by atoms with Crippen LogP contribution in [0.3, 0.4) is 0 Å². The van der Waals surface area contributed by atoms with E-state index in [1.165, 1.54) is 27.5 Å². The number of aryl methyl sites for hydroxylation is 1.